The summed E-state index contributed by atoms with van der Waals surface area (Å²) in [5.41, 5.74) is 6.80. The van der Waals surface area contributed by atoms with Gasteiger partial charge in [-0.3, -0.25) is 0 Å². The van der Waals surface area contributed by atoms with Gasteiger partial charge < -0.3 is 16.2 Å². The highest BCUT2D eigenvalue weighted by Gasteiger charge is 2.19. The number of aliphatic hydroxyl groups excluding tert-OH is 1. The predicted octanol–water partition coefficient (Wildman–Crippen LogP) is 1.88. The van der Waals surface area contributed by atoms with E-state index in [-0.39, 0.29) is 22.6 Å². The molecule has 0 saturated carbocycles. The maximum absolute atomic E-state index is 11.6. The largest absolute Gasteiger partial charge is 0.396 e. The maximum Gasteiger partial charge on any atom is 0.177 e. The lowest BCUT2D eigenvalue weighted by molar-refractivity contribution is 0.248. The Morgan fingerprint density at radius 1 is 1.35 bits per heavy atom. The van der Waals surface area contributed by atoms with Gasteiger partial charge in [-0.1, -0.05) is 19.9 Å². The van der Waals surface area contributed by atoms with Gasteiger partial charge in [-0.15, -0.1) is 0 Å². The number of nitrogens with two attached hydrogens (primary N) is 1. The molecule has 0 radical (unpaired) electrons. The van der Waals surface area contributed by atoms with Gasteiger partial charge in [-0.25, -0.2) is 8.42 Å². The van der Waals surface area contributed by atoms with Gasteiger partial charge in [0, 0.05) is 19.4 Å². The summed E-state index contributed by atoms with van der Waals surface area (Å²) < 4.78 is 23.2. The first-order valence-corrected chi connectivity index (χ1v) is 8.50. The first kappa shape index (κ1) is 16.8. The van der Waals surface area contributed by atoms with E-state index in [9.17, 15) is 8.42 Å². The fourth-order valence-electron chi connectivity index (χ4n) is 2.00. The van der Waals surface area contributed by atoms with Crippen molar-refractivity contribution in [2.75, 3.05) is 30.5 Å². The van der Waals surface area contributed by atoms with Crippen LogP contribution in [0.1, 0.15) is 26.7 Å². The van der Waals surface area contributed by atoms with Crippen LogP contribution in [0.15, 0.2) is 23.1 Å². The molecule has 0 bridgehead atoms. The molecule has 114 valence electrons. The van der Waals surface area contributed by atoms with Gasteiger partial charge in [0.15, 0.2) is 9.84 Å². The standard InChI is InChI=1S/C14H24N2O3S/c1-14(2,8-5-9-17)10-16-11-6-4-7-12(13(11)15)20(3,18)19/h4,6-7,16-17H,5,8-10,15H2,1-3H3. The quantitative estimate of drug-likeness (QED) is 0.669. The van der Waals surface area contributed by atoms with E-state index in [0.717, 1.165) is 19.1 Å². The van der Waals surface area contributed by atoms with Crippen LogP contribution < -0.4 is 11.1 Å². The van der Waals surface area contributed by atoms with Crippen LogP contribution in [0.3, 0.4) is 0 Å². The summed E-state index contributed by atoms with van der Waals surface area (Å²) in [6.07, 6.45) is 2.77. The smallest absolute Gasteiger partial charge is 0.177 e. The van der Waals surface area contributed by atoms with Crippen LogP contribution in [0, 0.1) is 5.41 Å². The van der Waals surface area contributed by atoms with E-state index < -0.39 is 9.84 Å². The lowest BCUT2D eigenvalue weighted by atomic mass is 9.88. The molecular weight excluding hydrogens is 276 g/mol. The van der Waals surface area contributed by atoms with Crippen molar-refractivity contribution < 1.29 is 13.5 Å². The minimum absolute atomic E-state index is 0.00371. The number of nitrogen functional groups attached to an aromatic ring is 1. The van der Waals surface area contributed by atoms with E-state index in [1.54, 1.807) is 12.1 Å². The maximum atomic E-state index is 11.6. The number of hydrogen-bond donors (Lipinski definition) is 3. The Balaban J connectivity index is 2.84. The number of rotatable bonds is 7. The first-order chi connectivity index (χ1) is 9.17. The van der Waals surface area contributed by atoms with Crippen molar-refractivity contribution in [2.24, 2.45) is 5.41 Å². The van der Waals surface area contributed by atoms with Crippen molar-refractivity contribution in [1.29, 1.82) is 0 Å². The van der Waals surface area contributed by atoms with E-state index in [1.807, 2.05) is 0 Å². The molecule has 0 aliphatic rings. The Morgan fingerprint density at radius 2 is 2.00 bits per heavy atom. The van der Waals surface area contributed by atoms with Gasteiger partial charge in [-0.2, -0.15) is 0 Å². The molecule has 0 aliphatic heterocycles. The molecule has 0 aromatic heterocycles. The van der Waals surface area contributed by atoms with Crippen LogP contribution in [-0.4, -0.2) is 32.9 Å². The van der Waals surface area contributed by atoms with E-state index in [4.69, 9.17) is 10.8 Å². The van der Waals surface area contributed by atoms with Gasteiger partial charge in [0.1, 0.15) is 0 Å². The zero-order chi connectivity index (χ0) is 15.4. The highest BCUT2D eigenvalue weighted by molar-refractivity contribution is 7.90. The molecule has 4 N–H and O–H groups in total. The average Bonchev–Trinajstić information content (AvgIpc) is 2.34. The Kier molecular flexibility index (Phi) is 5.42. The van der Waals surface area contributed by atoms with Crippen molar-refractivity contribution >= 4 is 21.2 Å². The number of hydrogen-bond acceptors (Lipinski definition) is 5. The van der Waals surface area contributed by atoms with Crippen molar-refractivity contribution in [2.45, 2.75) is 31.6 Å². The van der Waals surface area contributed by atoms with Crippen molar-refractivity contribution in [3.8, 4) is 0 Å². The SMILES string of the molecule is CC(C)(CCCO)CNc1cccc(S(C)(=O)=O)c1N. The number of aliphatic hydroxyl groups is 1. The normalized spacial score (nSPS) is 12.4. The van der Waals surface area contributed by atoms with E-state index >= 15 is 0 Å². The molecule has 0 aliphatic carbocycles. The molecule has 0 unspecified atom stereocenters. The zero-order valence-corrected chi connectivity index (χ0v) is 13.1. The van der Waals surface area contributed by atoms with Gasteiger partial charge in [-0.05, 0) is 30.4 Å². The van der Waals surface area contributed by atoms with Crippen LogP contribution >= 0.6 is 0 Å². The molecular formula is C14H24N2O3S. The molecule has 6 heteroatoms. The second kappa shape index (κ2) is 6.45. The summed E-state index contributed by atoms with van der Waals surface area (Å²) in [6, 6.07) is 4.95. The summed E-state index contributed by atoms with van der Waals surface area (Å²) in [7, 11) is -3.32. The molecule has 1 aromatic carbocycles. The van der Waals surface area contributed by atoms with Gasteiger partial charge in [0.25, 0.3) is 0 Å². The molecule has 0 atom stereocenters. The van der Waals surface area contributed by atoms with Gasteiger partial charge in [0.05, 0.1) is 16.3 Å². The molecule has 0 amide bonds. The number of nitrogens with one attached hydrogen (secondary N) is 1. The average molecular weight is 300 g/mol. The summed E-state index contributed by atoms with van der Waals surface area (Å²) in [6.45, 7) is 5.01. The molecule has 1 rings (SSSR count). The van der Waals surface area contributed by atoms with Crippen LogP contribution in [0.25, 0.3) is 0 Å². The topological polar surface area (TPSA) is 92.4 Å². The van der Waals surface area contributed by atoms with Crippen LogP contribution in [0.2, 0.25) is 0 Å². The number of anilines is 2. The lowest BCUT2D eigenvalue weighted by Crippen LogP contribution is -2.24. The monoisotopic (exact) mass is 300 g/mol. The van der Waals surface area contributed by atoms with Crippen LogP contribution in [-0.2, 0) is 9.84 Å². The third kappa shape index (κ3) is 4.68. The molecule has 20 heavy (non-hydrogen) atoms. The minimum Gasteiger partial charge on any atom is -0.396 e. The minimum atomic E-state index is -3.32. The highest BCUT2D eigenvalue weighted by Crippen LogP contribution is 2.29. The van der Waals surface area contributed by atoms with Crippen molar-refractivity contribution in [1.82, 2.24) is 0 Å². The molecule has 1 aromatic rings. The van der Waals surface area contributed by atoms with E-state index in [1.165, 1.54) is 6.07 Å². The Hall–Kier alpha value is -1.27. The second-order valence-corrected chi connectivity index (χ2v) is 7.82. The number of benzene rings is 1. The molecule has 0 saturated heterocycles. The fourth-order valence-corrected chi connectivity index (χ4v) is 2.84. The summed E-state index contributed by atoms with van der Waals surface area (Å²) in [5.74, 6) is 0. The molecule has 5 nitrogen and oxygen atoms in total. The van der Waals surface area contributed by atoms with Crippen LogP contribution in [0.4, 0.5) is 11.4 Å². The van der Waals surface area contributed by atoms with Crippen LogP contribution in [0.5, 0.6) is 0 Å². The summed E-state index contributed by atoms with van der Waals surface area (Å²) in [5, 5.41) is 12.1. The number of sulfone groups is 1. The summed E-state index contributed by atoms with van der Waals surface area (Å²) in [4.78, 5) is 0.149. The third-order valence-electron chi connectivity index (χ3n) is 3.23. The first-order valence-electron chi connectivity index (χ1n) is 6.61. The predicted molar refractivity (Wildman–Crippen MR) is 82.6 cm³/mol. The Bertz CT molecular complexity index is 554. The third-order valence-corrected chi connectivity index (χ3v) is 4.39. The summed E-state index contributed by atoms with van der Waals surface area (Å²) >= 11 is 0. The van der Waals surface area contributed by atoms with Gasteiger partial charge >= 0.3 is 0 Å². The highest BCUT2D eigenvalue weighted by atomic mass is 32.2. The number of para-hydroxylation sites is 1. The molecule has 0 heterocycles. The van der Waals surface area contributed by atoms with Crippen molar-refractivity contribution in [3.63, 3.8) is 0 Å². The molecule has 0 fully saturated rings. The van der Waals surface area contributed by atoms with E-state index in [2.05, 4.69) is 19.2 Å². The Morgan fingerprint density at radius 3 is 2.55 bits per heavy atom. The lowest BCUT2D eigenvalue weighted by Gasteiger charge is -2.26. The van der Waals surface area contributed by atoms with E-state index in [0.29, 0.717) is 12.2 Å². The fraction of sp³-hybridized carbons (Fsp3) is 0.571. The Labute approximate surface area is 121 Å². The van der Waals surface area contributed by atoms with Gasteiger partial charge in [0.2, 0.25) is 0 Å². The molecule has 0 spiro atoms. The zero-order valence-electron chi connectivity index (χ0n) is 12.3. The second-order valence-electron chi connectivity index (χ2n) is 5.83. The van der Waals surface area contributed by atoms with Crippen molar-refractivity contribution in [3.05, 3.63) is 18.2 Å².